The Hall–Kier alpha value is -1.74. The van der Waals surface area contributed by atoms with Crippen molar-refractivity contribution >= 4 is 32.8 Å². The maximum Gasteiger partial charge on any atom is 0.238 e. The van der Waals surface area contributed by atoms with E-state index in [2.05, 4.69) is 16.3 Å². The van der Waals surface area contributed by atoms with Crippen LogP contribution in [0.15, 0.2) is 46.7 Å². The Morgan fingerprint density at radius 3 is 2.85 bits per heavy atom. The standard InChI is InChI=1S/C19H24N2O4S2/c1-27(23,24)18-8-2-5-15(11-18)20-19(22)14-21(12-16-6-3-9-25-16)13-17-7-4-10-26-17/h2,4-5,7-8,10-11,16H,3,6,9,12-14H2,1H3,(H,20,22)/t16-/m0/s1. The van der Waals surface area contributed by atoms with Crippen molar-refractivity contribution in [2.75, 3.05) is 31.3 Å². The van der Waals surface area contributed by atoms with Crippen LogP contribution in [0.5, 0.6) is 0 Å². The third-order valence-corrected chi connectivity index (χ3v) is 6.33. The first-order valence-electron chi connectivity index (χ1n) is 8.86. The monoisotopic (exact) mass is 408 g/mol. The van der Waals surface area contributed by atoms with Crippen molar-refractivity contribution in [1.82, 2.24) is 4.90 Å². The van der Waals surface area contributed by atoms with E-state index < -0.39 is 9.84 Å². The summed E-state index contributed by atoms with van der Waals surface area (Å²) in [7, 11) is -3.31. The summed E-state index contributed by atoms with van der Waals surface area (Å²) in [4.78, 5) is 16.0. The number of rotatable bonds is 8. The third-order valence-electron chi connectivity index (χ3n) is 4.36. The molecule has 0 saturated carbocycles. The second-order valence-electron chi connectivity index (χ2n) is 6.73. The van der Waals surface area contributed by atoms with Gasteiger partial charge in [0, 0.05) is 36.5 Å². The lowest BCUT2D eigenvalue weighted by atomic mass is 10.2. The first-order valence-corrected chi connectivity index (χ1v) is 11.6. The molecule has 1 N–H and O–H groups in total. The van der Waals surface area contributed by atoms with Gasteiger partial charge in [0.15, 0.2) is 9.84 Å². The number of hydrogen-bond acceptors (Lipinski definition) is 6. The predicted octanol–water partition coefficient (Wildman–Crippen LogP) is 2.77. The fourth-order valence-corrected chi connectivity index (χ4v) is 4.51. The summed E-state index contributed by atoms with van der Waals surface area (Å²) in [6, 6.07) is 10.4. The molecule has 0 aliphatic carbocycles. The number of thiophene rings is 1. The highest BCUT2D eigenvalue weighted by molar-refractivity contribution is 7.90. The molecule has 0 spiro atoms. The molecule has 0 bridgehead atoms. The zero-order valence-electron chi connectivity index (χ0n) is 15.3. The largest absolute Gasteiger partial charge is 0.377 e. The van der Waals surface area contributed by atoms with Gasteiger partial charge in [0.1, 0.15) is 0 Å². The lowest BCUT2D eigenvalue weighted by Crippen LogP contribution is -2.37. The van der Waals surface area contributed by atoms with Crippen molar-refractivity contribution in [3.63, 3.8) is 0 Å². The number of carbonyl (C=O) groups is 1. The summed E-state index contributed by atoms with van der Waals surface area (Å²) in [5, 5.41) is 4.83. The van der Waals surface area contributed by atoms with Gasteiger partial charge in [-0.1, -0.05) is 12.1 Å². The van der Waals surface area contributed by atoms with E-state index in [1.807, 2.05) is 11.4 Å². The molecule has 2 heterocycles. The summed E-state index contributed by atoms with van der Waals surface area (Å²) in [6.45, 7) is 2.39. The van der Waals surface area contributed by atoms with Gasteiger partial charge < -0.3 is 10.1 Å². The molecule has 1 aromatic heterocycles. The average Bonchev–Trinajstić information content (AvgIpc) is 3.28. The number of carbonyl (C=O) groups excluding carboxylic acids is 1. The predicted molar refractivity (Wildman–Crippen MR) is 107 cm³/mol. The van der Waals surface area contributed by atoms with Crippen molar-refractivity contribution < 1.29 is 17.9 Å². The van der Waals surface area contributed by atoms with Crippen LogP contribution in [-0.4, -0.2) is 51.3 Å². The number of hydrogen-bond donors (Lipinski definition) is 1. The second-order valence-corrected chi connectivity index (χ2v) is 9.78. The Bertz CT molecular complexity index is 860. The van der Waals surface area contributed by atoms with Gasteiger partial charge >= 0.3 is 0 Å². The number of ether oxygens (including phenoxy) is 1. The van der Waals surface area contributed by atoms with Crippen LogP contribution in [0, 0.1) is 0 Å². The van der Waals surface area contributed by atoms with Crippen LogP contribution in [-0.2, 0) is 25.9 Å². The lowest BCUT2D eigenvalue weighted by Gasteiger charge is -2.24. The highest BCUT2D eigenvalue weighted by Crippen LogP contribution is 2.18. The molecule has 146 valence electrons. The normalized spacial score (nSPS) is 17.3. The van der Waals surface area contributed by atoms with Crippen LogP contribution in [0.3, 0.4) is 0 Å². The summed E-state index contributed by atoms with van der Waals surface area (Å²) in [6.07, 6.45) is 3.38. The first kappa shape index (κ1) is 20.0. The first-order chi connectivity index (χ1) is 12.9. The van der Waals surface area contributed by atoms with Crippen LogP contribution in [0.4, 0.5) is 5.69 Å². The number of sulfone groups is 1. The third kappa shape index (κ3) is 6.14. The summed E-state index contributed by atoms with van der Waals surface area (Å²) >= 11 is 1.66. The number of benzene rings is 1. The minimum absolute atomic E-state index is 0.159. The van der Waals surface area contributed by atoms with Gasteiger partial charge in [-0.2, -0.15) is 0 Å². The number of nitrogens with zero attached hydrogens (tertiary/aromatic N) is 1. The summed E-state index contributed by atoms with van der Waals surface area (Å²) in [5.41, 5.74) is 0.483. The molecule has 2 aromatic rings. The molecule has 3 rings (SSSR count). The average molecular weight is 409 g/mol. The SMILES string of the molecule is CS(=O)(=O)c1cccc(NC(=O)CN(Cc2cccs2)C[C@@H]2CCCO2)c1. The molecule has 1 aliphatic rings. The Labute approximate surface area is 164 Å². The zero-order valence-corrected chi connectivity index (χ0v) is 16.9. The zero-order chi connectivity index (χ0) is 19.3. The van der Waals surface area contributed by atoms with E-state index >= 15 is 0 Å². The van der Waals surface area contributed by atoms with E-state index in [1.54, 1.807) is 23.5 Å². The second kappa shape index (κ2) is 8.97. The maximum atomic E-state index is 12.5. The Morgan fingerprint density at radius 2 is 2.19 bits per heavy atom. The van der Waals surface area contributed by atoms with Crippen molar-refractivity contribution in [1.29, 1.82) is 0 Å². The maximum absolute atomic E-state index is 12.5. The molecule has 0 unspecified atom stereocenters. The van der Waals surface area contributed by atoms with Gasteiger partial charge in [-0.3, -0.25) is 9.69 Å². The number of amides is 1. The van der Waals surface area contributed by atoms with E-state index in [0.29, 0.717) is 18.8 Å². The molecule has 1 saturated heterocycles. The van der Waals surface area contributed by atoms with E-state index in [4.69, 9.17) is 4.74 Å². The number of nitrogens with one attached hydrogen (secondary N) is 1. The molecule has 6 nitrogen and oxygen atoms in total. The van der Waals surface area contributed by atoms with Crippen molar-refractivity contribution in [3.8, 4) is 0 Å². The topological polar surface area (TPSA) is 75.7 Å². The molecule has 0 radical (unpaired) electrons. The molecular weight excluding hydrogens is 384 g/mol. The molecule has 1 aliphatic heterocycles. The van der Waals surface area contributed by atoms with Crippen LogP contribution >= 0.6 is 11.3 Å². The van der Waals surface area contributed by atoms with Crippen LogP contribution in [0.25, 0.3) is 0 Å². The smallest absolute Gasteiger partial charge is 0.238 e. The van der Waals surface area contributed by atoms with Gasteiger partial charge in [0.2, 0.25) is 5.91 Å². The Morgan fingerprint density at radius 1 is 1.33 bits per heavy atom. The Balaban J connectivity index is 1.64. The highest BCUT2D eigenvalue weighted by atomic mass is 32.2. The molecule has 1 fully saturated rings. The van der Waals surface area contributed by atoms with E-state index in [-0.39, 0.29) is 23.5 Å². The van der Waals surface area contributed by atoms with Gasteiger partial charge in [-0.15, -0.1) is 11.3 Å². The minimum atomic E-state index is -3.31. The molecule has 1 atom stereocenters. The van der Waals surface area contributed by atoms with Crippen LogP contribution < -0.4 is 5.32 Å². The van der Waals surface area contributed by atoms with Gasteiger partial charge in [-0.25, -0.2) is 8.42 Å². The fraction of sp³-hybridized carbons (Fsp3) is 0.421. The van der Waals surface area contributed by atoms with Gasteiger partial charge in [0.25, 0.3) is 0 Å². The van der Waals surface area contributed by atoms with E-state index in [9.17, 15) is 13.2 Å². The van der Waals surface area contributed by atoms with Crippen LogP contribution in [0.1, 0.15) is 17.7 Å². The van der Waals surface area contributed by atoms with Crippen molar-refractivity contribution in [2.24, 2.45) is 0 Å². The van der Waals surface area contributed by atoms with E-state index in [0.717, 1.165) is 25.7 Å². The highest BCUT2D eigenvalue weighted by Gasteiger charge is 2.21. The van der Waals surface area contributed by atoms with Gasteiger partial charge in [0.05, 0.1) is 17.5 Å². The summed E-state index contributed by atoms with van der Waals surface area (Å²) in [5.74, 6) is -0.171. The van der Waals surface area contributed by atoms with Crippen molar-refractivity contribution in [3.05, 3.63) is 46.7 Å². The molecular formula is C19H24N2O4S2. The molecule has 1 amide bonds. The van der Waals surface area contributed by atoms with Crippen molar-refractivity contribution in [2.45, 2.75) is 30.4 Å². The van der Waals surface area contributed by atoms with E-state index in [1.165, 1.54) is 17.0 Å². The van der Waals surface area contributed by atoms with Gasteiger partial charge in [-0.05, 0) is 42.5 Å². The quantitative estimate of drug-likeness (QED) is 0.727. The summed E-state index contributed by atoms with van der Waals surface area (Å²) < 4.78 is 29.1. The molecule has 27 heavy (non-hydrogen) atoms. The Kier molecular flexibility index (Phi) is 6.64. The van der Waals surface area contributed by atoms with Crippen LogP contribution in [0.2, 0.25) is 0 Å². The fourth-order valence-electron chi connectivity index (χ4n) is 3.09. The number of anilines is 1. The lowest BCUT2D eigenvalue weighted by molar-refractivity contribution is -0.117. The molecule has 1 aromatic carbocycles. The minimum Gasteiger partial charge on any atom is -0.377 e. The molecule has 8 heteroatoms.